The van der Waals surface area contributed by atoms with Crippen molar-refractivity contribution in [2.24, 2.45) is 0 Å². The van der Waals surface area contributed by atoms with E-state index < -0.39 is 17.7 Å². The summed E-state index contributed by atoms with van der Waals surface area (Å²) in [5.41, 5.74) is 0.898. The van der Waals surface area contributed by atoms with Crippen molar-refractivity contribution in [2.75, 3.05) is 6.54 Å². The number of nitrogens with one attached hydrogen (secondary N) is 1. The van der Waals surface area contributed by atoms with E-state index in [4.69, 9.17) is 11.6 Å². The maximum Gasteiger partial charge on any atom is 0.129 e. The van der Waals surface area contributed by atoms with E-state index in [9.17, 15) is 13.9 Å². The van der Waals surface area contributed by atoms with Crippen LogP contribution in [0.15, 0.2) is 42.5 Å². The summed E-state index contributed by atoms with van der Waals surface area (Å²) < 4.78 is 26.7. The molecule has 0 aliphatic heterocycles. The number of hydrogen-bond acceptors (Lipinski definition) is 2. The Morgan fingerprint density at radius 1 is 1.19 bits per heavy atom. The largest absolute Gasteiger partial charge is 0.387 e. The Bertz CT molecular complexity index is 621. The third kappa shape index (κ3) is 4.24. The Kier molecular flexibility index (Phi) is 5.28. The number of aliphatic hydroxyl groups excluding tert-OH is 1. The van der Waals surface area contributed by atoms with Gasteiger partial charge in [-0.25, -0.2) is 8.78 Å². The van der Waals surface area contributed by atoms with E-state index in [1.54, 1.807) is 6.07 Å². The zero-order chi connectivity index (χ0) is 15.4. The molecule has 0 spiro atoms. The Labute approximate surface area is 127 Å². The van der Waals surface area contributed by atoms with Crippen molar-refractivity contribution in [3.8, 4) is 0 Å². The summed E-state index contributed by atoms with van der Waals surface area (Å²) in [7, 11) is 0. The van der Waals surface area contributed by atoms with Crippen molar-refractivity contribution in [1.82, 2.24) is 5.32 Å². The van der Waals surface area contributed by atoms with Crippen molar-refractivity contribution in [3.63, 3.8) is 0 Å². The first-order chi connectivity index (χ1) is 9.97. The van der Waals surface area contributed by atoms with Crippen LogP contribution < -0.4 is 5.32 Å². The summed E-state index contributed by atoms with van der Waals surface area (Å²) in [6.07, 6.45) is -1.12. The molecule has 2 aromatic rings. The van der Waals surface area contributed by atoms with Crippen LogP contribution in [0.4, 0.5) is 8.78 Å². The summed E-state index contributed by atoms with van der Waals surface area (Å²) in [5, 5.41) is 13.7. The highest BCUT2D eigenvalue weighted by molar-refractivity contribution is 6.30. The second-order valence-electron chi connectivity index (χ2n) is 4.87. The highest BCUT2D eigenvalue weighted by Gasteiger charge is 2.15. The molecular weight excluding hydrogens is 296 g/mol. The van der Waals surface area contributed by atoms with Crippen molar-refractivity contribution in [2.45, 2.75) is 19.1 Å². The number of aliphatic hydroxyl groups is 1. The molecular formula is C16H16ClF2NO. The second kappa shape index (κ2) is 6.98. The number of benzene rings is 2. The first-order valence-electron chi connectivity index (χ1n) is 6.59. The molecule has 0 fully saturated rings. The Balaban J connectivity index is 2.00. The first kappa shape index (κ1) is 15.9. The Hall–Kier alpha value is -1.49. The summed E-state index contributed by atoms with van der Waals surface area (Å²) in [6, 6.07) is 10.3. The van der Waals surface area contributed by atoms with Crippen LogP contribution in [0, 0.1) is 11.6 Å². The number of halogens is 3. The lowest BCUT2D eigenvalue weighted by Crippen LogP contribution is -2.25. The van der Waals surface area contributed by atoms with Gasteiger partial charge in [0.1, 0.15) is 11.6 Å². The molecule has 2 aromatic carbocycles. The van der Waals surface area contributed by atoms with Crippen molar-refractivity contribution in [1.29, 1.82) is 0 Å². The topological polar surface area (TPSA) is 32.3 Å². The number of rotatable bonds is 5. The van der Waals surface area contributed by atoms with E-state index in [-0.39, 0.29) is 18.2 Å². The fourth-order valence-corrected chi connectivity index (χ4v) is 2.26. The zero-order valence-corrected chi connectivity index (χ0v) is 12.2. The van der Waals surface area contributed by atoms with Gasteiger partial charge < -0.3 is 10.4 Å². The standard InChI is InChI=1S/C16H16ClF2NO/c1-10(11-3-2-4-12(17)7-11)20-9-16(21)14-8-13(18)5-6-15(14)19/h2-8,10,16,20-21H,9H2,1H3/t10-,16?/m0/s1. The van der Waals surface area contributed by atoms with Crippen molar-refractivity contribution >= 4 is 11.6 Å². The first-order valence-corrected chi connectivity index (χ1v) is 6.97. The third-order valence-electron chi connectivity index (χ3n) is 3.28. The van der Waals surface area contributed by atoms with Crippen molar-refractivity contribution < 1.29 is 13.9 Å². The lowest BCUT2D eigenvalue weighted by atomic mass is 10.1. The van der Waals surface area contributed by atoms with Crippen LogP contribution in [0.3, 0.4) is 0 Å². The van der Waals surface area contributed by atoms with E-state index >= 15 is 0 Å². The average Bonchev–Trinajstić information content (AvgIpc) is 2.47. The van der Waals surface area contributed by atoms with Gasteiger partial charge in [0.25, 0.3) is 0 Å². The molecule has 112 valence electrons. The monoisotopic (exact) mass is 311 g/mol. The number of hydrogen-bond donors (Lipinski definition) is 2. The van der Waals surface area contributed by atoms with Gasteiger partial charge in [0.15, 0.2) is 0 Å². The van der Waals surface area contributed by atoms with Crippen LogP contribution in [0.2, 0.25) is 5.02 Å². The van der Waals surface area contributed by atoms with Crippen molar-refractivity contribution in [3.05, 3.63) is 70.2 Å². The minimum Gasteiger partial charge on any atom is -0.387 e. The highest BCUT2D eigenvalue weighted by atomic mass is 35.5. The van der Waals surface area contributed by atoms with Gasteiger partial charge in [0.05, 0.1) is 6.10 Å². The molecule has 0 heterocycles. The van der Waals surface area contributed by atoms with E-state index in [0.29, 0.717) is 5.02 Å². The Morgan fingerprint density at radius 2 is 1.95 bits per heavy atom. The van der Waals surface area contributed by atoms with Crippen LogP contribution in [0.5, 0.6) is 0 Å². The normalized spacial score (nSPS) is 14.0. The molecule has 0 saturated carbocycles. The van der Waals surface area contributed by atoms with Gasteiger partial charge in [-0.05, 0) is 42.8 Å². The molecule has 2 atom stereocenters. The minimum atomic E-state index is -1.12. The predicted molar refractivity (Wildman–Crippen MR) is 79.2 cm³/mol. The van der Waals surface area contributed by atoms with Gasteiger partial charge in [-0.3, -0.25) is 0 Å². The maximum atomic E-state index is 13.5. The molecule has 2 nitrogen and oxygen atoms in total. The lowest BCUT2D eigenvalue weighted by Gasteiger charge is -2.18. The Morgan fingerprint density at radius 3 is 2.67 bits per heavy atom. The van der Waals surface area contributed by atoms with Crippen LogP contribution >= 0.6 is 11.6 Å². The fourth-order valence-electron chi connectivity index (χ4n) is 2.06. The molecule has 0 aromatic heterocycles. The SMILES string of the molecule is C[C@H](NCC(O)c1cc(F)ccc1F)c1cccc(Cl)c1. The highest BCUT2D eigenvalue weighted by Crippen LogP contribution is 2.20. The lowest BCUT2D eigenvalue weighted by molar-refractivity contribution is 0.166. The van der Waals surface area contributed by atoms with E-state index in [1.165, 1.54) is 0 Å². The summed E-state index contributed by atoms with van der Waals surface area (Å²) >= 11 is 5.92. The third-order valence-corrected chi connectivity index (χ3v) is 3.52. The summed E-state index contributed by atoms with van der Waals surface area (Å²) in [6.45, 7) is 2.01. The summed E-state index contributed by atoms with van der Waals surface area (Å²) in [5.74, 6) is -1.20. The molecule has 0 aliphatic carbocycles. The van der Waals surface area contributed by atoms with E-state index in [0.717, 1.165) is 23.8 Å². The zero-order valence-electron chi connectivity index (χ0n) is 11.5. The molecule has 0 radical (unpaired) electrons. The van der Waals surface area contributed by atoms with E-state index in [2.05, 4.69) is 5.32 Å². The van der Waals surface area contributed by atoms with E-state index in [1.807, 2.05) is 25.1 Å². The molecule has 0 amide bonds. The molecule has 21 heavy (non-hydrogen) atoms. The molecule has 0 saturated heterocycles. The minimum absolute atomic E-state index is 0.0548. The van der Waals surface area contributed by atoms with Gasteiger partial charge in [0.2, 0.25) is 0 Å². The molecule has 0 bridgehead atoms. The van der Waals surface area contributed by atoms with Crippen LogP contribution in [-0.4, -0.2) is 11.7 Å². The molecule has 1 unspecified atom stereocenters. The molecule has 2 rings (SSSR count). The average molecular weight is 312 g/mol. The predicted octanol–water partition coefficient (Wildman–Crippen LogP) is 4.00. The van der Waals surface area contributed by atoms with Crippen LogP contribution in [-0.2, 0) is 0 Å². The fraction of sp³-hybridized carbons (Fsp3) is 0.250. The molecule has 2 N–H and O–H groups in total. The maximum absolute atomic E-state index is 13.5. The van der Waals surface area contributed by atoms with Gasteiger partial charge in [-0.15, -0.1) is 0 Å². The van der Waals surface area contributed by atoms with Gasteiger partial charge in [-0.1, -0.05) is 23.7 Å². The van der Waals surface area contributed by atoms with Gasteiger partial charge >= 0.3 is 0 Å². The summed E-state index contributed by atoms with van der Waals surface area (Å²) in [4.78, 5) is 0. The smallest absolute Gasteiger partial charge is 0.129 e. The quantitative estimate of drug-likeness (QED) is 0.874. The van der Waals surface area contributed by atoms with Crippen LogP contribution in [0.25, 0.3) is 0 Å². The molecule has 5 heteroatoms. The molecule has 0 aliphatic rings. The second-order valence-corrected chi connectivity index (χ2v) is 5.30. The van der Waals surface area contributed by atoms with Gasteiger partial charge in [-0.2, -0.15) is 0 Å². The van der Waals surface area contributed by atoms with Crippen LogP contribution in [0.1, 0.15) is 30.2 Å². The van der Waals surface area contributed by atoms with Gasteiger partial charge in [0, 0.05) is 23.2 Å².